The lowest BCUT2D eigenvalue weighted by molar-refractivity contribution is 0.0697. The molecule has 0 aliphatic rings. The molecule has 0 aliphatic carbocycles. The standard InChI is InChI=1S/C12H12Cl2O4S/c1-2-3-4-5-19(17,18)10-7-8(13)6-9(11(10)14)12(15)16/h2,6-7H,1,3-5H2,(H,15,16). The summed E-state index contributed by atoms with van der Waals surface area (Å²) in [4.78, 5) is 10.7. The van der Waals surface area contributed by atoms with Gasteiger partial charge in [-0.1, -0.05) is 29.3 Å². The highest BCUT2D eigenvalue weighted by Gasteiger charge is 2.23. The first-order chi connectivity index (χ1) is 8.79. The highest BCUT2D eigenvalue weighted by atomic mass is 35.5. The van der Waals surface area contributed by atoms with Crippen molar-refractivity contribution in [1.29, 1.82) is 0 Å². The average Bonchev–Trinajstić information content (AvgIpc) is 2.31. The van der Waals surface area contributed by atoms with Gasteiger partial charge >= 0.3 is 5.97 Å². The van der Waals surface area contributed by atoms with Gasteiger partial charge < -0.3 is 5.11 Å². The van der Waals surface area contributed by atoms with E-state index in [-0.39, 0.29) is 26.3 Å². The maximum absolute atomic E-state index is 12.1. The second-order valence-corrected chi connectivity index (χ2v) is 6.71. The van der Waals surface area contributed by atoms with Crippen LogP contribution in [0.3, 0.4) is 0 Å². The first-order valence-electron chi connectivity index (χ1n) is 5.35. The van der Waals surface area contributed by atoms with Gasteiger partial charge in [-0.25, -0.2) is 13.2 Å². The SMILES string of the molecule is C=CCCCS(=O)(=O)c1cc(Cl)cc(C(=O)O)c1Cl. The fourth-order valence-corrected chi connectivity index (χ4v) is 3.76. The van der Waals surface area contributed by atoms with E-state index in [0.29, 0.717) is 12.8 Å². The van der Waals surface area contributed by atoms with Gasteiger partial charge in [0.15, 0.2) is 9.84 Å². The van der Waals surface area contributed by atoms with Crippen LogP contribution in [0.2, 0.25) is 10.0 Å². The van der Waals surface area contributed by atoms with Crippen molar-refractivity contribution < 1.29 is 18.3 Å². The van der Waals surface area contributed by atoms with Crippen LogP contribution in [0.15, 0.2) is 29.7 Å². The van der Waals surface area contributed by atoms with Crippen LogP contribution in [-0.2, 0) is 9.84 Å². The first kappa shape index (κ1) is 16.0. The predicted octanol–water partition coefficient (Wildman–Crippen LogP) is 3.43. The fourth-order valence-electron chi connectivity index (χ4n) is 1.47. The molecule has 1 N–H and O–H groups in total. The van der Waals surface area contributed by atoms with E-state index in [1.54, 1.807) is 6.08 Å². The van der Waals surface area contributed by atoms with Crippen molar-refractivity contribution in [2.24, 2.45) is 0 Å². The van der Waals surface area contributed by atoms with E-state index < -0.39 is 15.8 Å². The predicted molar refractivity (Wildman–Crippen MR) is 74.9 cm³/mol. The number of carbonyl (C=O) groups is 1. The summed E-state index contributed by atoms with van der Waals surface area (Å²) in [5.41, 5.74) is -0.323. The van der Waals surface area contributed by atoms with Gasteiger partial charge in [-0.15, -0.1) is 6.58 Å². The Morgan fingerprint density at radius 1 is 1.37 bits per heavy atom. The number of benzene rings is 1. The van der Waals surface area contributed by atoms with Crippen LogP contribution in [0.4, 0.5) is 0 Å². The van der Waals surface area contributed by atoms with Crippen LogP contribution in [-0.4, -0.2) is 25.2 Å². The Balaban J connectivity index is 3.26. The number of carboxylic acids is 1. The van der Waals surface area contributed by atoms with Crippen LogP contribution in [0.25, 0.3) is 0 Å². The number of aromatic carboxylic acids is 1. The molecule has 7 heteroatoms. The smallest absolute Gasteiger partial charge is 0.337 e. The molecule has 0 amide bonds. The maximum Gasteiger partial charge on any atom is 0.337 e. The third-order valence-electron chi connectivity index (χ3n) is 2.39. The zero-order chi connectivity index (χ0) is 14.6. The van der Waals surface area contributed by atoms with Gasteiger partial charge in [0.1, 0.15) is 0 Å². The summed E-state index contributed by atoms with van der Waals surface area (Å²) in [7, 11) is -3.67. The molecule has 19 heavy (non-hydrogen) atoms. The molecule has 104 valence electrons. The molecule has 0 unspecified atom stereocenters. The molecule has 0 spiro atoms. The van der Waals surface area contributed by atoms with Crippen molar-refractivity contribution in [3.05, 3.63) is 40.4 Å². The Morgan fingerprint density at radius 2 is 2.00 bits per heavy atom. The van der Waals surface area contributed by atoms with Gasteiger partial charge in [0.2, 0.25) is 0 Å². The first-order valence-corrected chi connectivity index (χ1v) is 7.76. The van der Waals surface area contributed by atoms with Gasteiger partial charge in [0, 0.05) is 5.02 Å². The lowest BCUT2D eigenvalue weighted by atomic mass is 10.2. The van der Waals surface area contributed by atoms with E-state index in [4.69, 9.17) is 28.3 Å². The van der Waals surface area contributed by atoms with Gasteiger partial charge in [-0.2, -0.15) is 0 Å². The lowest BCUT2D eigenvalue weighted by Gasteiger charge is -2.09. The number of sulfone groups is 1. The van der Waals surface area contributed by atoms with Crippen molar-refractivity contribution in [3.8, 4) is 0 Å². The van der Waals surface area contributed by atoms with Crippen LogP contribution >= 0.6 is 23.2 Å². The summed E-state index contributed by atoms with van der Waals surface area (Å²) in [5, 5.41) is 8.65. The number of unbranched alkanes of at least 4 members (excludes halogenated alkanes) is 1. The Labute approximate surface area is 121 Å². The van der Waals surface area contributed by atoms with Crippen molar-refractivity contribution in [1.82, 2.24) is 0 Å². The highest BCUT2D eigenvalue weighted by molar-refractivity contribution is 7.91. The molecule has 1 aromatic carbocycles. The number of carboxylic acid groups (broad SMARTS) is 1. The topological polar surface area (TPSA) is 71.4 Å². The molecule has 0 saturated carbocycles. The monoisotopic (exact) mass is 322 g/mol. The highest BCUT2D eigenvalue weighted by Crippen LogP contribution is 2.30. The molecule has 0 fully saturated rings. The zero-order valence-corrected chi connectivity index (χ0v) is 12.2. The summed E-state index contributed by atoms with van der Waals surface area (Å²) in [6.07, 6.45) is 2.54. The van der Waals surface area contributed by atoms with E-state index in [0.717, 1.165) is 6.07 Å². The molecule has 0 radical (unpaired) electrons. The number of hydrogen-bond donors (Lipinski definition) is 1. The van der Waals surface area contributed by atoms with Crippen molar-refractivity contribution in [2.45, 2.75) is 17.7 Å². The third-order valence-corrected chi connectivity index (χ3v) is 4.95. The zero-order valence-electron chi connectivity index (χ0n) is 9.90. The van der Waals surface area contributed by atoms with E-state index in [2.05, 4.69) is 6.58 Å². The Kier molecular flexibility index (Phi) is 5.40. The minimum atomic E-state index is -3.67. The number of allylic oxidation sites excluding steroid dienone is 1. The minimum Gasteiger partial charge on any atom is -0.478 e. The summed E-state index contributed by atoms with van der Waals surface area (Å²) in [6.45, 7) is 3.50. The molecule has 0 bridgehead atoms. The fraction of sp³-hybridized carbons (Fsp3) is 0.250. The molecule has 0 heterocycles. The second-order valence-electron chi connectivity index (χ2n) is 3.82. The van der Waals surface area contributed by atoms with Gasteiger partial charge in [0.25, 0.3) is 0 Å². The van der Waals surface area contributed by atoms with E-state index >= 15 is 0 Å². The summed E-state index contributed by atoms with van der Waals surface area (Å²) in [6, 6.07) is 2.29. The van der Waals surface area contributed by atoms with Gasteiger partial charge in [-0.3, -0.25) is 0 Å². The van der Waals surface area contributed by atoms with E-state index in [9.17, 15) is 13.2 Å². The van der Waals surface area contributed by atoms with E-state index in [1.165, 1.54) is 6.07 Å². The Hall–Kier alpha value is -1.04. The van der Waals surface area contributed by atoms with Crippen molar-refractivity contribution >= 4 is 39.0 Å². The molecular formula is C12H12Cl2O4S. The van der Waals surface area contributed by atoms with Crippen molar-refractivity contribution in [3.63, 3.8) is 0 Å². The maximum atomic E-state index is 12.1. The lowest BCUT2D eigenvalue weighted by Crippen LogP contribution is -2.10. The van der Waals surface area contributed by atoms with Crippen LogP contribution in [0, 0.1) is 0 Å². The number of hydrogen-bond acceptors (Lipinski definition) is 3. The second kappa shape index (κ2) is 6.41. The molecule has 0 atom stereocenters. The van der Waals surface area contributed by atoms with Crippen LogP contribution < -0.4 is 0 Å². The van der Waals surface area contributed by atoms with E-state index in [1.807, 2.05) is 0 Å². The Bertz CT molecular complexity index is 608. The molecule has 1 aromatic rings. The van der Waals surface area contributed by atoms with Gasteiger partial charge in [0.05, 0.1) is 21.2 Å². The summed E-state index contributed by atoms with van der Waals surface area (Å²) in [5.74, 6) is -1.46. The summed E-state index contributed by atoms with van der Waals surface area (Å²) >= 11 is 11.6. The largest absolute Gasteiger partial charge is 0.478 e. The molecule has 0 aliphatic heterocycles. The normalized spacial score (nSPS) is 11.3. The minimum absolute atomic E-state index is 0.0177. The van der Waals surface area contributed by atoms with Crippen molar-refractivity contribution in [2.75, 3.05) is 5.75 Å². The number of rotatable bonds is 6. The molecule has 4 nitrogen and oxygen atoms in total. The molecule has 1 rings (SSSR count). The third kappa shape index (κ3) is 3.96. The molecule has 0 aromatic heterocycles. The molecular weight excluding hydrogens is 311 g/mol. The molecule has 0 saturated heterocycles. The van der Waals surface area contributed by atoms with Crippen LogP contribution in [0.1, 0.15) is 23.2 Å². The quantitative estimate of drug-likeness (QED) is 0.643. The van der Waals surface area contributed by atoms with Gasteiger partial charge in [-0.05, 0) is 25.0 Å². The van der Waals surface area contributed by atoms with Crippen LogP contribution in [0.5, 0.6) is 0 Å². The average molecular weight is 323 g/mol. The summed E-state index contributed by atoms with van der Waals surface area (Å²) < 4.78 is 24.2. The Morgan fingerprint density at radius 3 is 2.53 bits per heavy atom. The number of halogens is 2.